The molecule has 2 atom stereocenters. The molecule has 0 radical (unpaired) electrons. The van der Waals surface area contributed by atoms with Crippen LogP contribution in [0.5, 0.6) is 5.75 Å². The molecule has 0 fully saturated rings. The van der Waals surface area contributed by atoms with Crippen molar-refractivity contribution in [1.82, 2.24) is 0 Å². The first kappa shape index (κ1) is 35.7. The van der Waals surface area contributed by atoms with Crippen molar-refractivity contribution < 1.29 is 62.4 Å². The minimum atomic E-state index is -1.10. The van der Waals surface area contributed by atoms with Crippen LogP contribution in [0.15, 0.2) is 24.3 Å². The zero-order valence-corrected chi connectivity index (χ0v) is 22.8. The lowest BCUT2D eigenvalue weighted by atomic mass is 10.3. The van der Waals surface area contributed by atoms with Gasteiger partial charge in [-0.2, -0.15) is 0 Å². The van der Waals surface area contributed by atoms with E-state index in [1.54, 1.807) is 27.7 Å². The maximum Gasteiger partial charge on any atom is 0.513 e. The van der Waals surface area contributed by atoms with E-state index in [2.05, 4.69) is 0 Å². The van der Waals surface area contributed by atoms with E-state index in [1.807, 2.05) is 0 Å². The number of benzene rings is 1. The lowest BCUT2D eigenvalue weighted by molar-refractivity contribution is -0.384. The zero-order valence-electron chi connectivity index (χ0n) is 22.8. The molecular weight excluding hydrogens is 538 g/mol. The van der Waals surface area contributed by atoms with E-state index in [4.69, 9.17) is 33.5 Å². The SMILES string of the molecule is CCC(=O)OCC(CO)OC(=O)CC.CCC(=O)OCC(COC(=O)Oc1ccc([N+](=O)[O-])cc1)OC(=O)CC. The van der Waals surface area contributed by atoms with Gasteiger partial charge in [-0.3, -0.25) is 29.3 Å². The number of nitrogens with zero attached hydrogens (tertiary/aromatic N) is 1. The molecule has 40 heavy (non-hydrogen) atoms. The summed E-state index contributed by atoms with van der Waals surface area (Å²) in [7, 11) is 0. The minimum Gasteiger partial charge on any atom is -0.462 e. The van der Waals surface area contributed by atoms with Gasteiger partial charge in [0.25, 0.3) is 5.69 Å². The summed E-state index contributed by atoms with van der Waals surface area (Å²) >= 11 is 0. The van der Waals surface area contributed by atoms with E-state index in [9.17, 15) is 34.1 Å². The van der Waals surface area contributed by atoms with Gasteiger partial charge in [0.05, 0.1) is 11.5 Å². The molecule has 0 saturated carbocycles. The number of aliphatic hydroxyl groups excluding tert-OH is 1. The summed E-state index contributed by atoms with van der Waals surface area (Å²) in [5.41, 5.74) is -0.157. The smallest absolute Gasteiger partial charge is 0.462 e. The van der Waals surface area contributed by atoms with Gasteiger partial charge in [0.2, 0.25) is 0 Å². The summed E-state index contributed by atoms with van der Waals surface area (Å²) in [4.78, 5) is 65.7. The van der Waals surface area contributed by atoms with Gasteiger partial charge in [-0.15, -0.1) is 0 Å². The lowest BCUT2D eigenvalue weighted by Gasteiger charge is -2.17. The van der Waals surface area contributed by atoms with Crippen LogP contribution in [-0.4, -0.2) is 78.7 Å². The van der Waals surface area contributed by atoms with Crippen molar-refractivity contribution in [2.45, 2.75) is 65.6 Å². The van der Waals surface area contributed by atoms with Crippen LogP contribution in [0, 0.1) is 10.1 Å². The summed E-state index contributed by atoms with van der Waals surface area (Å²) in [6, 6.07) is 4.80. The standard InChI is InChI=1S/C16H19NO9.C9H16O5/c1-3-14(18)23-9-13(25-15(19)4-2)10-24-16(20)26-12-7-5-11(6-8-12)17(21)22;1-3-8(11)13-6-7(5-10)14-9(12)4-2/h5-8,13H,3-4,9-10H2,1-2H3;7,10H,3-6H2,1-2H3. The van der Waals surface area contributed by atoms with E-state index in [0.29, 0.717) is 0 Å². The number of nitro benzene ring substituents is 1. The van der Waals surface area contributed by atoms with E-state index >= 15 is 0 Å². The van der Waals surface area contributed by atoms with Crippen LogP contribution in [0.1, 0.15) is 53.4 Å². The van der Waals surface area contributed by atoms with Crippen LogP contribution in [0.25, 0.3) is 0 Å². The van der Waals surface area contributed by atoms with E-state index in [-0.39, 0.29) is 69.5 Å². The molecule has 224 valence electrons. The molecule has 1 aromatic carbocycles. The van der Waals surface area contributed by atoms with Gasteiger partial charge in [-0.1, -0.05) is 27.7 Å². The van der Waals surface area contributed by atoms with Gasteiger partial charge in [-0.05, 0) is 12.1 Å². The molecule has 15 nitrogen and oxygen atoms in total. The maximum atomic E-state index is 11.7. The van der Waals surface area contributed by atoms with Gasteiger partial charge in [-0.25, -0.2) is 4.79 Å². The molecule has 0 aliphatic heterocycles. The Bertz CT molecular complexity index is 963. The number of carbonyl (C=O) groups excluding carboxylic acids is 5. The molecule has 0 spiro atoms. The quantitative estimate of drug-likeness (QED) is 0.105. The first-order valence-electron chi connectivity index (χ1n) is 12.4. The van der Waals surface area contributed by atoms with Crippen LogP contribution < -0.4 is 4.74 Å². The summed E-state index contributed by atoms with van der Waals surface area (Å²) in [5.74, 6) is -1.79. The van der Waals surface area contributed by atoms with Gasteiger partial charge >= 0.3 is 30.0 Å². The summed E-state index contributed by atoms with van der Waals surface area (Å²) in [6.07, 6.45) is -2.07. The van der Waals surface area contributed by atoms with Gasteiger partial charge in [0.15, 0.2) is 12.2 Å². The second-order valence-electron chi connectivity index (χ2n) is 7.60. The van der Waals surface area contributed by atoms with Crippen molar-refractivity contribution in [2.24, 2.45) is 0 Å². The van der Waals surface area contributed by atoms with E-state index in [1.165, 1.54) is 24.3 Å². The van der Waals surface area contributed by atoms with Crippen molar-refractivity contribution in [3.63, 3.8) is 0 Å². The van der Waals surface area contributed by atoms with Crippen molar-refractivity contribution in [3.8, 4) is 5.75 Å². The molecular formula is C25H35NO14. The molecule has 1 N–H and O–H groups in total. The normalized spacial score (nSPS) is 11.4. The Morgan fingerprint density at radius 1 is 0.725 bits per heavy atom. The molecule has 0 aliphatic rings. The average Bonchev–Trinajstić information content (AvgIpc) is 2.96. The Hall–Kier alpha value is -4.27. The summed E-state index contributed by atoms with van der Waals surface area (Å²) < 4.78 is 29.1. The molecule has 0 amide bonds. The molecule has 0 aliphatic carbocycles. The molecule has 0 bridgehead atoms. The fourth-order valence-electron chi connectivity index (χ4n) is 2.28. The topological polar surface area (TPSA) is 204 Å². The van der Waals surface area contributed by atoms with Crippen LogP contribution >= 0.6 is 0 Å². The van der Waals surface area contributed by atoms with Crippen molar-refractivity contribution in [2.75, 3.05) is 26.4 Å². The molecule has 2 unspecified atom stereocenters. The predicted molar refractivity (Wildman–Crippen MR) is 135 cm³/mol. The number of carbonyl (C=O) groups is 5. The van der Waals surface area contributed by atoms with Crippen LogP contribution in [-0.2, 0) is 42.9 Å². The number of non-ortho nitro benzene ring substituents is 1. The summed E-state index contributed by atoms with van der Waals surface area (Å²) in [6.45, 7) is 5.42. The maximum absolute atomic E-state index is 11.7. The second kappa shape index (κ2) is 20.7. The molecule has 1 aromatic rings. The number of aliphatic hydroxyl groups is 1. The Kier molecular flexibility index (Phi) is 18.5. The highest BCUT2D eigenvalue weighted by Crippen LogP contribution is 2.17. The first-order valence-corrected chi connectivity index (χ1v) is 12.4. The second-order valence-corrected chi connectivity index (χ2v) is 7.60. The molecule has 0 heterocycles. The zero-order chi connectivity index (χ0) is 30.5. The third-order valence-corrected chi connectivity index (χ3v) is 4.45. The Balaban J connectivity index is 0.000000919. The van der Waals surface area contributed by atoms with Crippen LogP contribution in [0.4, 0.5) is 10.5 Å². The number of hydrogen-bond acceptors (Lipinski definition) is 14. The first-order chi connectivity index (χ1) is 19.0. The largest absolute Gasteiger partial charge is 0.513 e. The predicted octanol–water partition coefficient (Wildman–Crippen LogP) is 2.64. The van der Waals surface area contributed by atoms with Gasteiger partial charge in [0.1, 0.15) is 25.6 Å². The highest BCUT2D eigenvalue weighted by atomic mass is 16.7. The highest BCUT2D eigenvalue weighted by molar-refractivity contribution is 5.70. The number of rotatable bonds is 15. The number of esters is 4. The molecule has 15 heteroatoms. The van der Waals surface area contributed by atoms with Gasteiger partial charge < -0.3 is 33.5 Å². The third kappa shape index (κ3) is 16.5. The fourth-order valence-corrected chi connectivity index (χ4v) is 2.28. The average molecular weight is 574 g/mol. The molecule has 1 rings (SSSR count). The Morgan fingerprint density at radius 3 is 1.57 bits per heavy atom. The van der Waals surface area contributed by atoms with Crippen LogP contribution in [0.2, 0.25) is 0 Å². The summed E-state index contributed by atoms with van der Waals surface area (Å²) in [5, 5.41) is 19.3. The van der Waals surface area contributed by atoms with E-state index in [0.717, 1.165) is 0 Å². The molecule has 0 saturated heterocycles. The van der Waals surface area contributed by atoms with Gasteiger partial charge in [0, 0.05) is 37.8 Å². The fraction of sp³-hybridized carbons (Fsp3) is 0.560. The van der Waals surface area contributed by atoms with Crippen molar-refractivity contribution in [3.05, 3.63) is 34.4 Å². The van der Waals surface area contributed by atoms with E-state index < -0.39 is 41.2 Å². The van der Waals surface area contributed by atoms with Crippen molar-refractivity contribution in [1.29, 1.82) is 0 Å². The highest BCUT2D eigenvalue weighted by Gasteiger charge is 2.19. The minimum absolute atomic E-state index is 0.0418. The Morgan fingerprint density at radius 2 is 1.15 bits per heavy atom. The Labute approximate surface area is 230 Å². The van der Waals surface area contributed by atoms with Crippen molar-refractivity contribution >= 4 is 35.7 Å². The number of nitro groups is 1. The molecule has 0 aromatic heterocycles. The number of ether oxygens (including phenoxy) is 6. The lowest BCUT2D eigenvalue weighted by Crippen LogP contribution is -2.31. The third-order valence-electron chi connectivity index (χ3n) is 4.45. The van der Waals surface area contributed by atoms with Crippen LogP contribution in [0.3, 0.4) is 0 Å². The monoisotopic (exact) mass is 573 g/mol. The number of hydrogen-bond donors (Lipinski definition) is 1.